The van der Waals surface area contributed by atoms with E-state index in [0.29, 0.717) is 11.8 Å². The summed E-state index contributed by atoms with van der Waals surface area (Å²) in [6, 6.07) is 23.7. The second kappa shape index (κ2) is 8.97. The van der Waals surface area contributed by atoms with Gasteiger partial charge >= 0.3 is 0 Å². The van der Waals surface area contributed by atoms with E-state index in [4.69, 9.17) is 14.5 Å². The van der Waals surface area contributed by atoms with E-state index in [-0.39, 0.29) is 6.79 Å². The van der Waals surface area contributed by atoms with Gasteiger partial charge in [0.1, 0.15) is 6.33 Å². The van der Waals surface area contributed by atoms with Crippen LogP contribution in [0.4, 0.5) is 11.6 Å². The number of para-hydroxylation sites is 1. The first-order chi connectivity index (χ1) is 18.7. The third kappa shape index (κ3) is 4.05. The number of fused-ring (bicyclic) bond motifs is 2. The van der Waals surface area contributed by atoms with Gasteiger partial charge in [0, 0.05) is 40.3 Å². The summed E-state index contributed by atoms with van der Waals surface area (Å²) in [7, 11) is 0. The van der Waals surface area contributed by atoms with Gasteiger partial charge in [0.05, 0.1) is 11.2 Å². The van der Waals surface area contributed by atoms with E-state index in [1.54, 1.807) is 17.2 Å². The van der Waals surface area contributed by atoms with E-state index in [1.165, 1.54) is 0 Å². The van der Waals surface area contributed by atoms with Crippen LogP contribution < -0.4 is 14.8 Å². The van der Waals surface area contributed by atoms with Gasteiger partial charge in [-0.1, -0.05) is 24.3 Å². The summed E-state index contributed by atoms with van der Waals surface area (Å²) in [5.41, 5.74) is 6.42. The van der Waals surface area contributed by atoms with Crippen LogP contribution in [0.1, 0.15) is 5.69 Å². The van der Waals surface area contributed by atoms with Crippen LogP contribution in [-0.4, -0.2) is 36.5 Å². The molecule has 0 radical (unpaired) electrons. The van der Waals surface area contributed by atoms with Crippen molar-refractivity contribution in [3.8, 4) is 39.7 Å². The smallest absolute Gasteiger partial charge is 0.231 e. The summed E-state index contributed by atoms with van der Waals surface area (Å²) in [5.74, 6) is 2.63. The molecule has 0 bridgehead atoms. The van der Waals surface area contributed by atoms with Crippen LogP contribution in [0.5, 0.6) is 11.5 Å². The molecule has 1 N–H and O–H groups in total. The quantitative estimate of drug-likeness (QED) is 0.321. The first-order valence-corrected chi connectivity index (χ1v) is 12.1. The zero-order valence-corrected chi connectivity index (χ0v) is 20.4. The van der Waals surface area contributed by atoms with Crippen LogP contribution in [0.25, 0.3) is 39.1 Å². The Labute approximate surface area is 217 Å². The highest BCUT2D eigenvalue weighted by Crippen LogP contribution is 2.37. The summed E-state index contributed by atoms with van der Waals surface area (Å²) < 4.78 is 12.8. The Morgan fingerprint density at radius 3 is 2.55 bits per heavy atom. The number of nitrogens with zero attached hydrogens (tertiary/aromatic N) is 6. The van der Waals surface area contributed by atoms with Crippen molar-refractivity contribution in [2.75, 3.05) is 12.1 Å². The lowest BCUT2D eigenvalue weighted by atomic mass is 10.0. The lowest BCUT2D eigenvalue weighted by Crippen LogP contribution is -1.99. The van der Waals surface area contributed by atoms with E-state index in [2.05, 4.69) is 25.4 Å². The molecule has 1 aliphatic heterocycles. The van der Waals surface area contributed by atoms with E-state index in [0.717, 1.165) is 56.2 Å². The van der Waals surface area contributed by atoms with Crippen molar-refractivity contribution in [2.24, 2.45) is 0 Å². The van der Waals surface area contributed by atoms with Crippen LogP contribution in [0.2, 0.25) is 0 Å². The third-order valence-electron chi connectivity index (χ3n) is 6.34. The number of pyridine rings is 1. The van der Waals surface area contributed by atoms with Crippen molar-refractivity contribution in [2.45, 2.75) is 6.92 Å². The number of anilines is 2. The van der Waals surface area contributed by atoms with Crippen LogP contribution in [0, 0.1) is 6.92 Å². The molecule has 184 valence electrons. The largest absolute Gasteiger partial charge is 0.454 e. The topological polar surface area (TPSA) is 99.9 Å². The predicted molar refractivity (Wildman–Crippen MR) is 144 cm³/mol. The van der Waals surface area contributed by atoms with Crippen LogP contribution in [0.15, 0.2) is 91.5 Å². The molecule has 0 aliphatic carbocycles. The molecule has 7 rings (SSSR count). The van der Waals surface area contributed by atoms with E-state index in [9.17, 15) is 0 Å². The molecule has 0 saturated heterocycles. The molecular weight excluding hydrogens is 478 g/mol. The summed E-state index contributed by atoms with van der Waals surface area (Å²) in [5, 5.41) is 8.85. The van der Waals surface area contributed by atoms with E-state index >= 15 is 0 Å². The maximum Gasteiger partial charge on any atom is 0.231 e. The number of hydrogen-bond acceptors (Lipinski definition) is 8. The molecule has 4 heterocycles. The summed E-state index contributed by atoms with van der Waals surface area (Å²) in [6.45, 7) is 2.19. The molecule has 9 heteroatoms. The van der Waals surface area contributed by atoms with Crippen molar-refractivity contribution in [3.05, 3.63) is 97.2 Å². The molecule has 0 unspecified atom stereocenters. The van der Waals surface area contributed by atoms with Gasteiger partial charge in [-0.2, -0.15) is 0 Å². The zero-order chi connectivity index (χ0) is 25.5. The van der Waals surface area contributed by atoms with Crippen molar-refractivity contribution in [1.82, 2.24) is 29.7 Å². The van der Waals surface area contributed by atoms with Gasteiger partial charge in [-0.05, 0) is 61.0 Å². The first kappa shape index (κ1) is 21.9. The lowest BCUT2D eigenvalue weighted by Gasteiger charge is -2.10. The number of aromatic nitrogens is 6. The molecule has 9 nitrogen and oxygen atoms in total. The van der Waals surface area contributed by atoms with Gasteiger partial charge in [-0.15, -0.1) is 5.10 Å². The minimum absolute atomic E-state index is 0.242. The maximum absolute atomic E-state index is 5.56. The Bertz CT molecular complexity index is 1780. The molecule has 0 saturated carbocycles. The van der Waals surface area contributed by atoms with Crippen molar-refractivity contribution < 1.29 is 9.47 Å². The van der Waals surface area contributed by atoms with Crippen LogP contribution in [-0.2, 0) is 0 Å². The Kier molecular flexibility index (Phi) is 5.18. The van der Waals surface area contributed by atoms with Gasteiger partial charge in [0.2, 0.25) is 12.7 Å². The van der Waals surface area contributed by atoms with Gasteiger partial charge < -0.3 is 14.8 Å². The molecule has 0 fully saturated rings. The fourth-order valence-electron chi connectivity index (χ4n) is 4.36. The number of nitrogens with one attached hydrogen (secondary N) is 1. The van der Waals surface area contributed by atoms with E-state index in [1.807, 2.05) is 85.9 Å². The maximum atomic E-state index is 5.56. The third-order valence-corrected chi connectivity index (χ3v) is 6.34. The Balaban J connectivity index is 1.14. The van der Waals surface area contributed by atoms with Gasteiger partial charge in [0.25, 0.3) is 0 Å². The lowest BCUT2D eigenvalue weighted by molar-refractivity contribution is 0.174. The molecule has 6 aromatic rings. The average Bonchev–Trinajstić information content (AvgIpc) is 3.63. The normalized spacial score (nSPS) is 12.1. The first-order valence-electron chi connectivity index (χ1n) is 12.1. The number of benzene rings is 3. The summed E-state index contributed by atoms with van der Waals surface area (Å²) in [6.07, 6.45) is 5.30. The Morgan fingerprint density at radius 1 is 0.816 bits per heavy atom. The van der Waals surface area contributed by atoms with Crippen molar-refractivity contribution in [1.29, 1.82) is 0 Å². The summed E-state index contributed by atoms with van der Waals surface area (Å²) >= 11 is 0. The molecule has 0 amide bonds. The predicted octanol–water partition coefficient (Wildman–Crippen LogP) is 5.72. The average molecular weight is 500 g/mol. The molecule has 3 aromatic heterocycles. The monoisotopic (exact) mass is 499 g/mol. The number of hydrogen-bond donors (Lipinski definition) is 1. The van der Waals surface area contributed by atoms with Crippen molar-refractivity contribution >= 4 is 22.5 Å². The fraction of sp³-hybridized carbons (Fsp3) is 0.0690. The SMILES string of the molecule is Cc1ccc(-c2ncn(-c3ccc(Nc4ncc5cccc(-c6ccc7c(c6)OCO7)c5n4)cc3)n2)cn1. The second-order valence-electron chi connectivity index (χ2n) is 8.88. The molecule has 38 heavy (non-hydrogen) atoms. The highest BCUT2D eigenvalue weighted by atomic mass is 16.7. The number of ether oxygens (including phenoxy) is 2. The summed E-state index contributed by atoms with van der Waals surface area (Å²) in [4.78, 5) is 18.1. The highest BCUT2D eigenvalue weighted by Gasteiger charge is 2.16. The Morgan fingerprint density at radius 2 is 1.68 bits per heavy atom. The van der Waals surface area contributed by atoms with Crippen LogP contribution in [0.3, 0.4) is 0 Å². The van der Waals surface area contributed by atoms with E-state index < -0.39 is 0 Å². The highest BCUT2D eigenvalue weighted by molar-refractivity contribution is 5.94. The fourth-order valence-corrected chi connectivity index (χ4v) is 4.36. The molecule has 3 aromatic carbocycles. The molecule has 0 atom stereocenters. The Hall–Kier alpha value is -5.31. The molecule has 1 aliphatic rings. The van der Waals surface area contributed by atoms with Gasteiger partial charge in [0.15, 0.2) is 17.3 Å². The zero-order valence-electron chi connectivity index (χ0n) is 20.4. The molecule has 0 spiro atoms. The molecular formula is C29H21N7O2. The minimum atomic E-state index is 0.242. The number of rotatable bonds is 5. The van der Waals surface area contributed by atoms with Crippen molar-refractivity contribution in [3.63, 3.8) is 0 Å². The minimum Gasteiger partial charge on any atom is -0.454 e. The van der Waals surface area contributed by atoms with Gasteiger partial charge in [-0.25, -0.2) is 19.6 Å². The number of aryl methyl sites for hydroxylation is 1. The second-order valence-corrected chi connectivity index (χ2v) is 8.88. The van der Waals surface area contributed by atoms with Gasteiger partial charge in [-0.3, -0.25) is 4.98 Å². The van der Waals surface area contributed by atoms with Crippen LogP contribution >= 0.6 is 0 Å². The standard InChI is InChI=1S/C29H21N7O2/c1-18-5-6-21(15-30-18)28-32-16-36(35-28)23-10-8-22(9-11-23)33-29-31-14-20-3-2-4-24(27(20)34-29)19-7-12-25-26(13-19)38-17-37-25/h2-16H,17H2,1H3,(H,31,33,34).